The summed E-state index contributed by atoms with van der Waals surface area (Å²) in [4.78, 5) is 4.32. The summed E-state index contributed by atoms with van der Waals surface area (Å²) in [5.74, 6) is -0.266. The number of anilines is 2. The summed E-state index contributed by atoms with van der Waals surface area (Å²) in [6.45, 7) is 2.50. The van der Waals surface area contributed by atoms with Gasteiger partial charge in [0.2, 0.25) is 0 Å². The number of nitrogens with zero attached hydrogens (tertiary/aromatic N) is 1. The lowest BCUT2D eigenvalue weighted by Gasteiger charge is -2.08. The van der Waals surface area contributed by atoms with Crippen molar-refractivity contribution in [3.8, 4) is 0 Å². The Morgan fingerprint density at radius 1 is 1.53 bits per heavy atom. The molecule has 6 heteroatoms. The normalized spacial score (nSPS) is 10.5. The van der Waals surface area contributed by atoms with Gasteiger partial charge in [-0.05, 0) is 35.6 Å². The van der Waals surface area contributed by atoms with E-state index in [0.717, 1.165) is 10.7 Å². The fraction of sp³-hybridized carbons (Fsp3) is 0.182. The minimum Gasteiger partial charge on any atom is -0.397 e. The number of nitrogen functional groups attached to an aromatic ring is 1. The average molecular weight is 363 g/mol. The highest BCUT2D eigenvalue weighted by Crippen LogP contribution is 2.24. The topological polar surface area (TPSA) is 50.9 Å². The first kappa shape index (κ1) is 12.6. The lowest BCUT2D eigenvalue weighted by molar-refractivity contribution is 0.621. The van der Waals surface area contributed by atoms with E-state index in [4.69, 9.17) is 5.73 Å². The van der Waals surface area contributed by atoms with E-state index in [9.17, 15) is 4.39 Å². The van der Waals surface area contributed by atoms with Gasteiger partial charge in [0.25, 0.3) is 0 Å². The third-order valence-electron chi connectivity index (χ3n) is 2.19. The van der Waals surface area contributed by atoms with Crippen molar-refractivity contribution in [1.82, 2.24) is 4.98 Å². The standard InChI is InChI=1S/C11H11FIN3S/c1-6-5-17-11(16-6)4-15-10-2-7(12)8(13)3-9(10)14/h2-3,5,15H,4,14H2,1H3. The molecule has 2 aromatic rings. The van der Waals surface area contributed by atoms with Gasteiger partial charge >= 0.3 is 0 Å². The van der Waals surface area contributed by atoms with Crippen molar-refractivity contribution in [1.29, 1.82) is 0 Å². The molecular weight excluding hydrogens is 352 g/mol. The lowest BCUT2D eigenvalue weighted by Crippen LogP contribution is -2.03. The predicted octanol–water partition coefficient (Wildman–Crippen LogP) is 3.39. The third-order valence-corrected chi connectivity index (χ3v) is 3.98. The van der Waals surface area contributed by atoms with Crippen LogP contribution in [0.5, 0.6) is 0 Å². The molecule has 0 amide bonds. The number of benzene rings is 1. The molecule has 0 bridgehead atoms. The van der Waals surface area contributed by atoms with Gasteiger partial charge in [0, 0.05) is 17.1 Å². The fourth-order valence-corrected chi connectivity index (χ4v) is 2.57. The molecule has 17 heavy (non-hydrogen) atoms. The maximum Gasteiger partial charge on any atom is 0.138 e. The zero-order chi connectivity index (χ0) is 12.4. The van der Waals surface area contributed by atoms with Crippen molar-refractivity contribution in [3.63, 3.8) is 0 Å². The molecule has 0 aliphatic heterocycles. The lowest BCUT2D eigenvalue weighted by atomic mass is 10.2. The Labute approximate surface area is 116 Å². The van der Waals surface area contributed by atoms with Gasteiger partial charge in [0.05, 0.1) is 21.5 Å². The van der Waals surface area contributed by atoms with Crippen LogP contribution in [-0.2, 0) is 6.54 Å². The van der Waals surface area contributed by atoms with E-state index in [1.54, 1.807) is 17.4 Å². The summed E-state index contributed by atoms with van der Waals surface area (Å²) in [6.07, 6.45) is 0. The van der Waals surface area contributed by atoms with Gasteiger partial charge in [0.1, 0.15) is 10.8 Å². The van der Waals surface area contributed by atoms with Crippen LogP contribution < -0.4 is 11.1 Å². The van der Waals surface area contributed by atoms with Crippen LogP contribution in [-0.4, -0.2) is 4.98 Å². The second kappa shape index (κ2) is 5.18. The van der Waals surface area contributed by atoms with E-state index in [0.29, 0.717) is 21.5 Å². The zero-order valence-corrected chi connectivity index (χ0v) is 12.1. The van der Waals surface area contributed by atoms with E-state index >= 15 is 0 Å². The van der Waals surface area contributed by atoms with E-state index in [1.807, 2.05) is 34.9 Å². The second-order valence-corrected chi connectivity index (χ2v) is 5.69. The SMILES string of the molecule is Cc1csc(CNc2cc(F)c(I)cc2N)n1. The van der Waals surface area contributed by atoms with Crippen LogP contribution in [0.2, 0.25) is 0 Å². The molecule has 0 aliphatic rings. The summed E-state index contributed by atoms with van der Waals surface area (Å²) < 4.78 is 13.9. The minimum absolute atomic E-state index is 0.266. The summed E-state index contributed by atoms with van der Waals surface area (Å²) in [7, 11) is 0. The van der Waals surface area contributed by atoms with Gasteiger partial charge in [-0.15, -0.1) is 11.3 Å². The molecule has 0 aliphatic carbocycles. The van der Waals surface area contributed by atoms with Crippen molar-refractivity contribution in [2.75, 3.05) is 11.1 Å². The molecule has 0 unspecified atom stereocenters. The summed E-state index contributed by atoms with van der Waals surface area (Å²) in [5.41, 5.74) is 7.96. The van der Waals surface area contributed by atoms with Crippen molar-refractivity contribution < 1.29 is 4.39 Å². The Morgan fingerprint density at radius 2 is 2.29 bits per heavy atom. The van der Waals surface area contributed by atoms with Crippen molar-refractivity contribution in [2.24, 2.45) is 0 Å². The highest BCUT2D eigenvalue weighted by Gasteiger charge is 2.06. The summed E-state index contributed by atoms with van der Waals surface area (Å²) in [6, 6.07) is 3.03. The molecular formula is C11H11FIN3S. The molecule has 1 aromatic heterocycles. The zero-order valence-electron chi connectivity index (χ0n) is 9.13. The minimum atomic E-state index is -0.266. The van der Waals surface area contributed by atoms with E-state index in [1.165, 1.54) is 6.07 Å². The Morgan fingerprint density at radius 3 is 2.94 bits per heavy atom. The van der Waals surface area contributed by atoms with Crippen LogP contribution in [0.1, 0.15) is 10.7 Å². The van der Waals surface area contributed by atoms with Crippen LogP contribution in [0.25, 0.3) is 0 Å². The van der Waals surface area contributed by atoms with Crippen molar-refractivity contribution >= 4 is 45.3 Å². The molecule has 0 saturated carbocycles. The van der Waals surface area contributed by atoms with Crippen LogP contribution in [0.4, 0.5) is 15.8 Å². The number of aromatic nitrogens is 1. The van der Waals surface area contributed by atoms with Gasteiger partial charge in [-0.1, -0.05) is 0 Å². The Bertz CT molecular complexity index is 542. The molecule has 3 N–H and O–H groups in total. The molecule has 0 radical (unpaired) electrons. The molecule has 3 nitrogen and oxygen atoms in total. The van der Waals surface area contributed by atoms with Gasteiger partial charge in [-0.25, -0.2) is 9.37 Å². The number of aryl methyl sites for hydroxylation is 1. The molecule has 0 fully saturated rings. The van der Waals surface area contributed by atoms with Gasteiger partial charge in [0.15, 0.2) is 0 Å². The predicted molar refractivity (Wildman–Crippen MR) is 77.7 cm³/mol. The monoisotopic (exact) mass is 363 g/mol. The van der Waals surface area contributed by atoms with Crippen molar-refractivity contribution in [3.05, 3.63) is 37.6 Å². The molecule has 1 aromatic carbocycles. The largest absolute Gasteiger partial charge is 0.397 e. The number of rotatable bonds is 3. The van der Waals surface area contributed by atoms with E-state index in [-0.39, 0.29) is 5.82 Å². The van der Waals surface area contributed by atoms with E-state index < -0.39 is 0 Å². The maximum atomic E-state index is 13.4. The quantitative estimate of drug-likeness (QED) is 0.649. The first-order valence-electron chi connectivity index (χ1n) is 4.95. The number of thiazole rings is 1. The third kappa shape index (κ3) is 3.06. The number of nitrogens with two attached hydrogens (primary N) is 1. The number of hydrogen-bond acceptors (Lipinski definition) is 4. The highest BCUT2D eigenvalue weighted by atomic mass is 127. The Kier molecular flexibility index (Phi) is 3.82. The molecule has 0 saturated heterocycles. The first-order valence-corrected chi connectivity index (χ1v) is 6.91. The highest BCUT2D eigenvalue weighted by molar-refractivity contribution is 14.1. The second-order valence-electron chi connectivity index (χ2n) is 3.59. The number of nitrogens with one attached hydrogen (secondary N) is 1. The van der Waals surface area contributed by atoms with Gasteiger partial charge < -0.3 is 11.1 Å². The van der Waals surface area contributed by atoms with Crippen LogP contribution in [0.15, 0.2) is 17.5 Å². The van der Waals surface area contributed by atoms with Gasteiger partial charge in [-0.3, -0.25) is 0 Å². The molecule has 0 spiro atoms. The molecule has 2 rings (SSSR count). The van der Waals surface area contributed by atoms with Crippen LogP contribution >= 0.6 is 33.9 Å². The molecule has 1 heterocycles. The maximum absolute atomic E-state index is 13.4. The summed E-state index contributed by atoms with van der Waals surface area (Å²) in [5, 5.41) is 6.03. The first-order chi connectivity index (χ1) is 8.06. The Hall–Kier alpha value is -0.890. The van der Waals surface area contributed by atoms with Gasteiger partial charge in [-0.2, -0.15) is 0 Å². The number of halogens is 2. The number of hydrogen-bond donors (Lipinski definition) is 2. The average Bonchev–Trinajstić information content (AvgIpc) is 2.68. The van der Waals surface area contributed by atoms with Crippen molar-refractivity contribution in [2.45, 2.75) is 13.5 Å². The Balaban J connectivity index is 2.11. The fourth-order valence-electron chi connectivity index (χ4n) is 1.37. The summed E-state index contributed by atoms with van der Waals surface area (Å²) >= 11 is 3.49. The molecule has 90 valence electrons. The van der Waals surface area contributed by atoms with E-state index in [2.05, 4.69) is 10.3 Å². The molecule has 0 atom stereocenters. The van der Waals surface area contributed by atoms with Crippen LogP contribution in [0.3, 0.4) is 0 Å². The van der Waals surface area contributed by atoms with Crippen LogP contribution in [0, 0.1) is 16.3 Å². The smallest absolute Gasteiger partial charge is 0.138 e.